The number of unbranched alkanes of at least 4 members (excludes halogenated alkanes) is 1. The molecule has 0 aliphatic carbocycles. The van der Waals surface area contributed by atoms with Crippen LogP contribution in [0.5, 0.6) is 0 Å². The van der Waals surface area contributed by atoms with Crippen LogP contribution in [0, 0.1) is 0 Å². The molecule has 25 heavy (non-hydrogen) atoms. The zero-order valence-corrected chi connectivity index (χ0v) is 16.9. The second-order valence-corrected chi connectivity index (χ2v) is 8.23. The van der Waals surface area contributed by atoms with E-state index in [9.17, 15) is 8.42 Å². The third-order valence-electron chi connectivity index (χ3n) is 3.74. The highest BCUT2D eigenvalue weighted by atomic mass is 32.2. The zero-order chi connectivity index (χ0) is 18.9. The SMILES string of the molecule is CCCCN(C)C(=NC)NCc1ccccc1CS(=O)(=O)NC(C)C. The maximum absolute atomic E-state index is 12.2. The summed E-state index contributed by atoms with van der Waals surface area (Å²) in [6, 6.07) is 7.49. The molecule has 0 aliphatic rings. The smallest absolute Gasteiger partial charge is 0.216 e. The topological polar surface area (TPSA) is 73.8 Å². The molecule has 0 aliphatic heterocycles. The Hall–Kier alpha value is -1.60. The van der Waals surface area contributed by atoms with E-state index >= 15 is 0 Å². The number of hydrogen-bond acceptors (Lipinski definition) is 3. The number of nitrogens with zero attached hydrogens (tertiary/aromatic N) is 2. The highest BCUT2D eigenvalue weighted by Crippen LogP contribution is 2.12. The van der Waals surface area contributed by atoms with Crippen LogP contribution in [0.1, 0.15) is 44.7 Å². The van der Waals surface area contributed by atoms with Crippen molar-refractivity contribution in [3.05, 3.63) is 35.4 Å². The zero-order valence-electron chi connectivity index (χ0n) is 16.0. The molecule has 0 aromatic heterocycles. The Morgan fingerprint density at radius 3 is 2.44 bits per heavy atom. The summed E-state index contributed by atoms with van der Waals surface area (Å²) < 4.78 is 27.1. The van der Waals surface area contributed by atoms with E-state index in [-0.39, 0.29) is 11.8 Å². The van der Waals surface area contributed by atoms with Gasteiger partial charge >= 0.3 is 0 Å². The van der Waals surface area contributed by atoms with Gasteiger partial charge in [-0.05, 0) is 31.4 Å². The minimum absolute atomic E-state index is 0.0205. The summed E-state index contributed by atoms with van der Waals surface area (Å²) in [5.41, 5.74) is 1.76. The first kappa shape index (κ1) is 21.4. The minimum Gasteiger partial charge on any atom is -0.352 e. The van der Waals surface area contributed by atoms with E-state index in [0.29, 0.717) is 6.54 Å². The molecule has 0 spiro atoms. The fourth-order valence-electron chi connectivity index (χ4n) is 2.54. The van der Waals surface area contributed by atoms with Gasteiger partial charge in [0.05, 0.1) is 5.75 Å². The van der Waals surface area contributed by atoms with Crippen LogP contribution in [0.25, 0.3) is 0 Å². The fraction of sp³-hybridized carbons (Fsp3) is 0.611. The van der Waals surface area contributed by atoms with Crippen molar-refractivity contribution in [3.8, 4) is 0 Å². The highest BCUT2D eigenvalue weighted by Gasteiger charge is 2.15. The van der Waals surface area contributed by atoms with Gasteiger partial charge in [0.2, 0.25) is 10.0 Å². The number of sulfonamides is 1. The molecule has 0 bridgehead atoms. The van der Waals surface area contributed by atoms with E-state index in [4.69, 9.17) is 0 Å². The van der Waals surface area contributed by atoms with Crippen molar-refractivity contribution < 1.29 is 8.42 Å². The monoisotopic (exact) mass is 368 g/mol. The van der Waals surface area contributed by atoms with E-state index < -0.39 is 10.0 Å². The van der Waals surface area contributed by atoms with Crippen molar-refractivity contribution in [2.75, 3.05) is 20.6 Å². The van der Waals surface area contributed by atoms with Crippen LogP contribution in [0.15, 0.2) is 29.3 Å². The van der Waals surface area contributed by atoms with Gasteiger partial charge in [-0.2, -0.15) is 0 Å². The van der Waals surface area contributed by atoms with Crippen molar-refractivity contribution in [2.45, 2.75) is 52.0 Å². The number of guanidine groups is 1. The normalized spacial score (nSPS) is 12.5. The first-order chi connectivity index (χ1) is 11.8. The van der Waals surface area contributed by atoms with Gasteiger partial charge in [0.25, 0.3) is 0 Å². The fourth-order valence-corrected chi connectivity index (χ4v) is 4.03. The van der Waals surface area contributed by atoms with E-state index in [2.05, 4.69) is 26.9 Å². The molecular weight excluding hydrogens is 336 g/mol. The molecule has 0 radical (unpaired) electrons. The van der Waals surface area contributed by atoms with Gasteiger partial charge in [0.1, 0.15) is 0 Å². The maximum Gasteiger partial charge on any atom is 0.216 e. The van der Waals surface area contributed by atoms with Gasteiger partial charge in [0, 0.05) is 33.2 Å². The Labute approximate surface area is 152 Å². The van der Waals surface area contributed by atoms with Crippen LogP contribution in [-0.2, 0) is 22.3 Å². The number of hydrogen-bond donors (Lipinski definition) is 2. The van der Waals surface area contributed by atoms with Gasteiger partial charge in [-0.25, -0.2) is 13.1 Å². The summed E-state index contributed by atoms with van der Waals surface area (Å²) in [7, 11) is 0.418. The number of aliphatic imine (C=N–C) groups is 1. The highest BCUT2D eigenvalue weighted by molar-refractivity contribution is 7.88. The molecule has 0 heterocycles. The van der Waals surface area contributed by atoms with Crippen molar-refractivity contribution >= 4 is 16.0 Å². The molecule has 7 heteroatoms. The van der Waals surface area contributed by atoms with E-state index in [1.165, 1.54) is 0 Å². The lowest BCUT2D eigenvalue weighted by molar-refractivity contribution is 0.464. The largest absolute Gasteiger partial charge is 0.352 e. The van der Waals surface area contributed by atoms with E-state index in [0.717, 1.165) is 36.5 Å². The standard InChI is InChI=1S/C18H32N4O2S/c1-6-7-12-22(5)18(19-4)20-13-16-10-8-9-11-17(16)14-25(23,24)21-15(2)3/h8-11,15,21H,6-7,12-14H2,1-5H3,(H,19,20). The predicted octanol–water partition coefficient (Wildman–Crippen LogP) is 2.32. The molecule has 0 unspecified atom stereocenters. The van der Waals surface area contributed by atoms with Crippen LogP contribution in [0.2, 0.25) is 0 Å². The van der Waals surface area contributed by atoms with Crippen LogP contribution in [0.4, 0.5) is 0 Å². The molecule has 0 fully saturated rings. The molecule has 1 rings (SSSR count). The maximum atomic E-state index is 12.2. The predicted molar refractivity (Wildman–Crippen MR) is 105 cm³/mol. The van der Waals surface area contributed by atoms with Crippen LogP contribution >= 0.6 is 0 Å². The minimum atomic E-state index is -3.35. The molecule has 0 amide bonds. The van der Waals surface area contributed by atoms with Gasteiger partial charge in [-0.15, -0.1) is 0 Å². The Balaban J connectivity index is 2.80. The summed E-state index contributed by atoms with van der Waals surface area (Å²) in [5.74, 6) is 0.791. The molecule has 0 saturated carbocycles. The van der Waals surface area contributed by atoms with Gasteiger partial charge < -0.3 is 10.2 Å². The molecule has 6 nitrogen and oxygen atoms in total. The van der Waals surface area contributed by atoms with Crippen LogP contribution < -0.4 is 10.0 Å². The summed E-state index contributed by atoms with van der Waals surface area (Å²) >= 11 is 0. The lowest BCUT2D eigenvalue weighted by Gasteiger charge is -2.22. The van der Waals surface area contributed by atoms with Gasteiger partial charge in [-0.1, -0.05) is 37.6 Å². The molecular formula is C18H32N4O2S. The average Bonchev–Trinajstić information content (AvgIpc) is 2.53. The Morgan fingerprint density at radius 1 is 1.24 bits per heavy atom. The quantitative estimate of drug-likeness (QED) is 0.518. The van der Waals surface area contributed by atoms with Crippen molar-refractivity contribution in [1.29, 1.82) is 0 Å². The first-order valence-electron chi connectivity index (χ1n) is 8.77. The molecule has 142 valence electrons. The van der Waals surface area contributed by atoms with Gasteiger partial charge in [0.15, 0.2) is 5.96 Å². The summed E-state index contributed by atoms with van der Waals surface area (Å²) in [4.78, 5) is 6.39. The Morgan fingerprint density at radius 2 is 1.88 bits per heavy atom. The van der Waals surface area contributed by atoms with Crippen molar-refractivity contribution in [2.24, 2.45) is 4.99 Å². The molecule has 0 saturated heterocycles. The van der Waals surface area contributed by atoms with Gasteiger partial charge in [-0.3, -0.25) is 4.99 Å². The number of nitrogens with one attached hydrogen (secondary N) is 2. The first-order valence-corrected chi connectivity index (χ1v) is 10.4. The third-order valence-corrected chi connectivity index (χ3v) is 5.26. The number of rotatable bonds is 9. The molecule has 1 aromatic carbocycles. The summed E-state index contributed by atoms with van der Waals surface area (Å²) in [6.07, 6.45) is 2.23. The van der Waals surface area contributed by atoms with Crippen molar-refractivity contribution in [1.82, 2.24) is 14.9 Å². The lowest BCUT2D eigenvalue weighted by Crippen LogP contribution is -2.39. The van der Waals surface area contributed by atoms with E-state index in [1.807, 2.05) is 45.2 Å². The lowest BCUT2D eigenvalue weighted by atomic mass is 10.1. The second kappa shape index (κ2) is 10.4. The van der Waals surface area contributed by atoms with E-state index in [1.54, 1.807) is 7.05 Å². The average molecular weight is 369 g/mol. The number of benzene rings is 1. The summed E-state index contributed by atoms with van der Waals surface area (Å²) in [5, 5.41) is 3.32. The third kappa shape index (κ3) is 7.88. The van der Waals surface area contributed by atoms with Crippen molar-refractivity contribution in [3.63, 3.8) is 0 Å². The van der Waals surface area contributed by atoms with Crippen LogP contribution in [0.3, 0.4) is 0 Å². The summed E-state index contributed by atoms with van der Waals surface area (Å²) in [6.45, 7) is 7.27. The molecule has 0 atom stereocenters. The molecule has 1 aromatic rings. The Bertz CT molecular complexity index is 657. The Kier molecular flexibility index (Phi) is 8.92. The van der Waals surface area contributed by atoms with Crippen LogP contribution in [-0.4, -0.2) is 46.0 Å². The molecule has 2 N–H and O–H groups in total. The second-order valence-electron chi connectivity index (χ2n) is 6.48.